The second-order valence-corrected chi connectivity index (χ2v) is 5.88. The molecule has 0 saturated heterocycles. The minimum atomic E-state index is 0.246. The number of ether oxygens (including phenoxy) is 2. The van der Waals surface area contributed by atoms with Crippen molar-refractivity contribution in [2.24, 2.45) is 0 Å². The Morgan fingerprint density at radius 3 is 2.91 bits per heavy atom. The maximum atomic E-state index is 6.16. The van der Waals surface area contributed by atoms with Crippen molar-refractivity contribution in [2.45, 2.75) is 32.6 Å². The van der Waals surface area contributed by atoms with Gasteiger partial charge in [0.1, 0.15) is 11.3 Å². The van der Waals surface area contributed by atoms with Crippen molar-refractivity contribution >= 4 is 39.8 Å². The zero-order valence-electron chi connectivity index (χ0n) is 12.7. The number of pyridine rings is 1. The SMILES string of the molecule is CCCCCCOC(=S)COc1ccc(Cl)c2cccnc12. The van der Waals surface area contributed by atoms with Crippen LogP contribution in [0.3, 0.4) is 0 Å². The average molecular weight is 338 g/mol. The molecule has 5 heteroatoms. The maximum Gasteiger partial charge on any atom is 0.197 e. The van der Waals surface area contributed by atoms with Crippen molar-refractivity contribution in [2.75, 3.05) is 13.2 Å². The van der Waals surface area contributed by atoms with Gasteiger partial charge in [-0.3, -0.25) is 4.98 Å². The Morgan fingerprint density at radius 1 is 1.23 bits per heavy atom. The Balaban J connectivity index is 1.87. The summed E-state index contributed by atoms with van der Waals surface area (Å²) in [5.41, 5.74) is 0.737. The first kappa shape index (κ1) is 17.0. The van der Waals surface area contributed by atoms with Crippen LogP contribution >= 0.6 is 23.8 Å². The van der Waals surface area contributed by atoms with E-state index in [0.717, 1.165) is 17.3 Å². The molecule has 1 aromatic carbocycles. The summed E-state index contributed by atoms with van der Waals surface area (Å²) < 4.78 is 11.2. The number of aromatic nitrogens is 1. The summed E-state index contributed by atoms with van der Waals surface area (Å²) in [7, 11) is 0. The molecule has 0 amide bonds. The molecule has 2 rings (SSSR count). The molecule has 0 aliphatic rings. The second kappa shape index (κ2) is 8.91. The predicted molar refractivity (Wildman–Crippen MR) is 94.9 cm³/mol. The van der Waals surface area contributed by atoms with Crippen LogP contribution in [-0.2, 0) is 4.74 Å². The van der Waals surface area contributed by atoms with Crippen LogP contribution in [0.15, 0.2) is 30.5 Å². The van der Waals surface area contributed by atoms with Gasteiger partial charge in [-0.05, 0) is 42.9 Å². The van der Waals surface area contributed by atoms with E-state index in [9.17, 15) is 0 Å². The van der Waals surface area contributed by atoms with Gasteiger partial charge < -0.3 is 9.47 Å². The monoisotopic (exact) mass is 337 g/mol. The standard InChI is InChI=1S/C17H20ClNO2S/c1-2-3-4-5-11-20-16(22)12-21-15-9-8-14(18)13-7-6-10-19-17(13)15/h6-10H,2-5,11-12H2,1H3. The molecule has 0 spiro atoms. The molecule has 0 bridgehead atoms. The van der Waals surface area contributed by atoms with Crippen LogP contribution in [0.4, 0.5) is 0 Å². The van der Waals surface area contributed by atoms with E-state index in [-0.39, 0.29) is 6.61 Å². The third-order valence-corrected chi connectivity index (χ3v) is 3.85. The van der Waals surface area contributed by atoms with Gasteiger partial charge in [0.05, 0.1) is 11.6 Å². The molecule has 118 valence electrons. The molecule has 22 heavy (non-hydrogen) atoms. The number of fused-ring (bicyclic) bond motifs is 1. The lowest BCUT2D eigenvalue weighted by Gasteiger charge is -2.11. The van der Waals surface area contributed by atoms with Crippen molar-refractivity contribution < 1.29 is 9.47 Å². The number of hydrogen-bond acceptors (Lipinski definition) is 4. The summed E-state index contributed by atoms with van der Waals surface area (Å²) in [6, 6.07) is 7.37. The fraction of sp³-hybridized carbons (Fsp3) is 0.412. The topological polar surface area (TPSA) is 31.4 Å². The summed E-state index contributed by atoms with van der Waals surface area (Å²) in [5, 5.41) is 1.99. The second-order valence-electron chi connectivity index (χ2n) is 5.01. The number of hydrogen-bond donors (Lipinski definition) is 0. The third-order valence-electron chi connectivity index (χ3n) is 3.29. The lowest BCUT2D eigenvalue weighted by Crippen LogP contribution is -2.13. The number of halogens is 1. The Labute approximate surface area is 141 Å². The van der Waals surface area contributed by atoms with Crippen LogP contribution in [0.5, 0.6) is 5.75 Å². The van der Waals surface area contributed by atoms with Crippen LogP contribution in [0.1, 0.15) is 32.6 Å². The van der Waals surface area contributed by atoms with Crippen LogP contribution in [0.2, 0.25) is 5.02 Å². The van der Waals surface area contributed by atoms with Crippen LogP contribution in [-0.4, -0.2) is 23.2 Å². The van der Waals surface area contributed by atoms with Gasteiger partial charge >= 0.3 is 0 Å². The van der Waals surface area contributed by atoms with Gasteiger partial charge in [0.25, 0.3) is 0 Å². The quantitative estimate of drug-likeness (QED) is 0.490. The lowest BCUT2D eigenvalue weighted by molar-refractivity contribution is 0.264. The summed E-state index contributed by atoms with van der Waals surface area (Å²) >= 11 is 11.3. The Morgan fingerprint density at radius 2 is 2.09 bits per heavy atom. The van der Waals surface area contributed by atoms with Gasteiger partial charge in [0.2, 0.25) is 0 Å². The van der Waals surface area contributed by atoms with Crippen molar-refractivity contribution in [3.8, 4) is 5.75 Å². The van der Waals surface area contributed by atoms with Gasteiger partial charge in [-0.2, -0.15) is 0 Å². The molecule has 0 N–H and O–H groups in total. The van der Waals surface area contributed by atoms with Gasteiger partial charge in [-0.25, -0.2) is 0 Å². The fourth-order valence-electron chi connectivity index (χ4n) is 2.12. The molecule has 1 heterocycles. The smallest absolute Gasteiger partial charge is 0.197 e. The Bertz CT molecular complexity index is 633. The van der Waals surface area contributed by atoms with E-state index in [1.165, 1.54) is 19.3 Å². The fourth-order valence-corrected chi connectivity index (χ4v) is 2.48. The average Bonchev–Trinajstić information content (AvgIpc) is 2.54. The Kier molecular flexibility index (Phi) is 6.87. The van der Waals surface area contributed by atoms with Gasteiger partial charge in [-0.15, -0.1) is 0 Å². The molecule has 2 aromatic rings. The molecule has 0 aliphatic carbocycles. The minimum Gasteiger partial charge on any atom is -0.484 e. The van der Waals surface area contributed by atoms with Crippen LogP contribution in [0.25, 0.3) is 10.9 Å². The first-order valence-electron chi connectivity index (χ1n) is 7.54. The summed E-state index contributed by atoms with van der Waals surface area (Å²) in [6.07, 6.45) is 6.36. The number of unbranched alkanes of at least 4 members (excludes halogenated alkanes) is 3. The molecule has 1 aromatic heterocycles. The molecular weight excluding hydrogens is 318 g/mol. The first-order valence-corrected chi connectivity index (χ1v) is 8.32. The summed E-state index contributed by atoms with van der Waals surface area (Å²) in [4.78, 5) is 4.32. The van der Waals surface area contributed by atoms with Crippen LogP contribution in [0, 0.1) is 0 Å². The number of nitrogens with zero attached hydrogens (tertiary/aromatic N) is 1. The third kappa shape index (κ3) is 4.82. The predicted octanol–water partition coefficient (Wildman–Crippen LogP) is 5.19. The Hall–Kier alpha value is -1.39. The van der Waals surface area contributed by atoms with Gasteiger partial charge in [0.15, 0.2) is 11.7 Å². The molecule has 0 atom stereocenters. The highest BCUT2D eigenvalue weighted by atomic mass is 35.5. The summed E-state index contributed by atoms with van der Waals surface area (Å²) in [6.45, 7) is 3.09. The van der Waals surface area contributed by atoms with Crippen molar-refractivity contribution in [3.63, 3.8) is 0 Å². The zero-order chi connectivity index (χ0) is 15.8. The maximum absolute atomic E-state index is 6.16. The normalized spacial score (nSPS) is 10.6. The number of benzene rings is 1. The van der Waals surface area contributed by atoms with Gasteiger partial charge in [-0.1, -0.05) is 37.8 Å². The molecule has 0 saturated carbocycles. The van der Waals surface area contributed by atoms with Gasteiger partial charge in [0, 0.05) is 11.6 Å². The van der Waals surface area contributed by atoms with E-state index < -0.39 is 0 Å². The van der Waals surface area contributed by atoms with E-state index >= 15 is 0 Å². The summed E-state index contributed by atoms with van der Waals surface area (Å²) in [5.74, 6) is 0.664. The highest BCUT2D eigenvalue weighted by Gasteiger charge is 2.08. The molecule has 0 aliphatic heterocycles. The van der Waals surface area contributed by atoms with Crippen molar-refractivity contribution in [3.05, 3.63) is 35.5 Å². The first-order chi connectivity index (χ1) is 10.7. The molecule has 0 unspecified atom stereocenters. The number of thiocarbonyl (C=S) groups is 1. The zero-order valence-corrected chi connectivity index (χ0v) is 14.3. The van der Waals surface area contributed by atoms with E-state index in [4.69, 9.17) is 33.3 Å². The van der Waals surface area contributed by atoms with E-state index in [1.807, 2.05) is 18.2 Å². The van der Waals surface area contributed by atoms with E-state index in [1.54, 1.807) is 12.3 Å². The van der Waals surface area contributed by atoms with Crippen LogP contribution < -0.4 is 4.74 Å². The van der Waals surface area contributed by atoms with E-state index in [2.05, 4.69) is 11.9 Å². The number of rotatable bonds is 8. The van der Waals surface area contributed by atoms with Crippen molar-refractivity contribution in [1.29, 1.82) is 0 Å². The lowest BCUT2D eigenvalue weighted by atomic mass is 10.2. The molecule has 0 radical (unpaired) electrons. The van der Waals surface area contributed by atoms with E-state index in [0.29, 0.717) is 22.4 Å². The molecular formula is C17H20ClNO2S. The van der Waals surface area contributed by atoms with Crippen molar-refractivity contribution in [1.82, 2.24) is 4.98 Å². The molecule has 0 fully saturated rings. The largest absolute Gasteiger partial charge is 0.484 e. The minimum absolute atomic E-state index is 0.246. The highest BCUT2D eigenvalue weighted by molar-refractivity contribution is 7.80. The molecule has 3 nitrogen and oxygen atoms in total. The highest BCUT2D eigenvalue weighted by Crippen LogP contribution is 2.29.